The quantitative estimate of drug-likeness (QED) is 0.162. The summed E-state index contributed by atoms with van der Waals surface area (Å²) in [6.45, 7) is 10.7. The standard InChI is InChI=1S/C57H50N3O.Pt/c1-37-31-49(40-25-27-44(28-26-40)56(2,3)4)52(36-48(37)39-19-12-9-13-20-39)60-51-23-16-22-46(54(51)59-55(60)47-21-14-15-24-53(47)61)42-32-43(34-45(33-42)57(5,6)7)50-35-41(29-30-58-50)38-17-10-8-11-18-38;/h8-31,33-36,61H,1-7H3;/q-1;/i1D3;. The van der Waals surface area contributed by atoms with Crippen LogP contribution in [-0.2, 0) is 31.9 Å². The van der Waals surface area contributed by atoms with Crippen molar-refractivity contribution in [1.82, 2.24) is 14.5 Å². The Morgan fingerprint density at radius 3 is 1.85 bits per heavy atom. The minimum absolute atomic E-state index is 0. The van der Waals surface area contributed by atoms with Gasteiger partial charge in [-0.1, -0.05) is 168 Å². The van der Waals surface area contributed by atoms with Gasteiger partial charge in [0.05, 0.1) is 22.3 Å². The molecule has 2 heterocycles. The largest absolute Gasteiger partial charge is 0.507 e. The van der Waals surface area contributed by atoms with Gasteiger partial charge in [-0.15, -0.1) is 29.3 Å². The van der Waals surface area contributed by atoms with Crippen LogP contribution in [0.25, 0.3) is 83.9 Å². The molecule has 0 amide bonds. The van der Waals surface area contributed by atoms with E-state index in [2.05, 4.69) is 113 Å². The Bertz CT molecular complexity index is 3160. The number of phenols is 1. The van der Waals surface area contributed by atoms with Crippen molar-refractivity contribution in [1.29, 1.82) is 0 Å². The van der Waals surface area contributed by atoms with E-state index >= 15 is 0 Å². The maximum absolute atomic E-state index is 11.6. The number of phenolic OH excluding ortho intramolecular Hbond substituents is 1. The Balaban J connectivity index is 0.00000576. The van der Waals surface area contributed by atoms with Crippen LogP contribution in [0.1, 0.15) is 62.3 Å². The number of fused-ring (bicyclic) bond motifs is 1. The summed E-state index contributed by atoms with van der Waals surface area (Å²) in [5.41, 5.74) is 13.5. The molecule has 0 spiro atoms. The number of para-hydroxylation sites is 2. The molecule has 62 heavy (non-hydrogen) atoms. The number of imidazole rings is 1. The minimum Gasteiger partial charge on any atom is -0.507 e. The van der Waals surface area contributed by atoms with Crippen molar-refractivity contribution in [2.24, 2.45) is 0 Å². The smallest absolute Gasteiger partial charge is 0.148 e. The van der Waals surface area contributed by atoms with E-state index in [1.54, 1.807) is 12.1 Å². The van der Waals surface area contributed by atoms with E-state index in [4.69, 9.17) is 14.1 Å². The van der Waals surface area contributed by atoms with Gasteiger partial charge in [0.1, 0.15) is 11.6 Å². The molecule has 0 saturated carbocycles. The number of aryl methyl sites for hydroxylation is 1. The van der Waals surface area contributed by atoms with Crippen molar-refractivity contribution >= 4 is 11.0 Å². The predicted molar refractivity (Wildman–Crippen MR) is 254 cm³/mol. The van der Waals surface area contributed by atoms with Crippen LogP contribution in [-0.4, -0.2) is 19.6 Å². The first-order chi connectivity index (χ1) is 30.5. The summed E-state index contributed by atoms with van der Waals surface area (Å²) in [4.78, 5) is 10.3. The Kier molecular flexibility index (Phi) is 10.5. The van der Waals surface area contributed by atoms with Gasteiger partial charge >= 0.3 is 0 Å². The Hall–Kier alpha value is -6.35. The van der Waals surface area contributed by atoms with Crippen molar-refractivity contribution in [2.75, 3.05) is 0 Å². The topological polar surface area (TPSA) is 50.9 Å². The zero-order chi connectivity index (χ0) is 45.0. The summed E-state index contributed by atoms with van der Waals surface area (Å²) < 4.78 is 28.5. The minimum atomic E-state index is -2.42. The number of benzene rings is 7. The molecule has 0 fully saturated rings. The molecule has 0 aliphatic heterocycles. The zero-order valence-corrected chi connectivity index (χ0v) is 38.0. The van der Waals surface area contributed by atoms with Crippen LogP contribution >= 0.6 is 0 Å². The van der Waals surface area contributed by atoms with E-state index in [-0.39, 0.29) is 43.2 Å². The van der Waals surface area contributed by atoms with Gasteiger partial charge in [-0.25, -0.2) is 4.98 Å². The average Bonchev–Trinajstić information content (AvgIpc) is 3.68. The van der Waals surface area contributed by atoms with Gasteiger partial charge in [0.25, 0.3) is 0 Å². The van der Waals surface area contributed by atoms with E-state index < -0.39 is 6.85 Å². The molecule has 1 N–H and O–H groups in total. The summed E-state index contributed by atoms with van der Waals surface area (Å²) in [6.07, 6.45) is 1.85. The third-order valence-corrected chi connectivity index (χ3v) is 11.5. The van der Waals surface area contributed by atoms with Crippen molar-refractivity contribution in [2.45, 2.75) is 59.2 Å². The van der Waals surface area contributed by atoms with Crippen LogP contribution in [0.15, 0.2) is 170 Å². The molecular formula is C57H50N3OPt-. The first-order valence-corrected chi connectivity index (χ1v) is 20.8. The number of aromatic nitrogens is 3. The van der Waals surface area contributed by atoms with Gasteiger partial charge < -0.3 is 5.11 Å². The van der Waals surface area contributed by atoms with E-state index in [0.29, 0.717) is 22.5 Å². The van der Waals surface area contributed by atoms with E-state index in [0.717, 1.165) is 72.5 Å². The van der Waals surface area contributed by atoms with Crippen molar-refractivity contribution in [3.05, 3.63) is 193 Å². The van der Waals surface area contributed by atoms with Crippen LogP contribution in [0.4, 0.5) is 0 Å². The van der Waals surface area contributed by atoms with Crippen molar-refractivity contribution in [3.63, 3.8) is 0 Å². The molecule has 0 unspecified atom stereocenters. The summed E-state index contributed by atoms with van der Waals surface area (Å²) in [6, 6.07) is 57.8. The molecule has 0 saturated heterocycles. The predicted octanol–water partition coefficient (Wildman–Crippen LogP) is 14.8. The van der Waals surface area contributed by atoms with E-state index in [1.807, 2.05) is 97.2 Å². The van der Waals surface area contributed by atoms with Gasteiger partial charge in [0.15, 0.2) is 0 Å². The van der Waals surface area contributed by atoms with Crippen LogP contribution in [0.5, 0.6) is 5.75 Å². The number of pyridine rings is 1. The van der Waals surface area contributed by atoms with Crippen LogP contribution in [0.2, 0.25) is 0 Å². The normalized spacial score (nSPS) is 12.6. The molecule has 4 nitrogen and oxygen atoms in total. The number of nitrogens with zero attached hydrogens (tertiary/aromatic N) is 3. The molecule has 310 valence electrons. The number of aromatic hydroxyl groups is 1. The summed E-state index contributed by atoms with van der Waals surface area (Å²) in [5, 5.41) is 11.6. The van der Waals surface area contributed by atoms with Crippen molar-refractivity contribution < 1.29 is 30.3 Å². The van der Waals surface area contributed by atoms with Gasteiger partial charge in [0.2, 0.25) is 0 Å². The number of hydrogen-bond acceptors (Lipinski definition) is 3. The monoisotopic (exact) mass is 990 g/mol. The summed E-state index contributed by atoms with van der Waals surface area (Å²) in [5.74, 6) is 0.588. The molecule has 0 bridgehead atoms. The van der Waals surface area contributed by atoms with Gasteiger partial charge in [-0.3, -0.25) is 9.55 Å². The molecule has 0 aliphatic carbocycles. The molecular weight excluding hydrogens is 938 g/mol. The number of hydrogen-bond donors (Lipinski definition) is 1. The van der Waals surface area contributed by atoms with Crippen LogP contribution in [0, 0.1) is 12.9 Å². The first kappa shape index (κ1) is 38.6. The average molecular weight is 991 g/mol. The second kappa shape index (κ2) is 16.8. The fourth-order valence-corrected chi connectivity index (χ4v) is 8.09. The van der Waals surface area contributed by atoms with E-state index in [1.165, 1.54) is 0 Å². The third kappa shape index (κ3) is 8.20. The zero-order valence-electron chi connectivity index (χ0n) is 38.8. The second-order valence-electron chi connectivity index (χ2n) is 17.8. The van der Waals surface area contributed by atoms with Gasteiger partial charge in [-0.05, 0) is 93.0 Å². The fourth-order valence-electron chi connectivity index (χ4n) is 8.09. The Morgan fingerprint density at radius 2 is 1.18 bits per heavy atom. The molecule has 0 aliphatic rings. The van der Waals surface area contributed by atoms with Crippen LogP contribution < -0.4 is 0 Å². The molecule has 9 rings (SSSR count). The van der Waals surface area contributed by atoms with Crippen LogP contribution in [0.3, 0.4) is 0 Å². The summed E-state index contributed by atoms with van der Waals surface area (Å²) >= 11 is 0. The Labute approximate surface area is 384 Å². The molecule has 9 aromatic rings. The Morgan fingerprint density at radius 1 is 0.548 bits per heavy atom. The van der Waals surface area contributed by atoms with Gasteiger partial charge in [-0.2, -0.15) is 0 Å². The fraction of sp³-hybridized carbons (Fsp3) is 0.158. The van der Waals surface area contributed by atoms with Gasteiger partial charge in [0, 0.05) is 42.6 Å². The second-order valence-corrected chi connectivity index (χ2v) is 17.8. The van der Waals surface area contributed by atoms with E-state index in [9.17, 15) is 5.11 Å². The maximum Gasteiger partial charge on any atom is 0.148 e. The summed E-state index contributed by atoms with van der Waals surface area (Å²) in [7, 11) is 0. The maximum atomic E-state index is 11.6. The molecule has 0 radical (unpaired) electrons. The third-order valence-electron chi connectivity index (χ3n) is 11.5. The molecule has 2 aromatic heterocycles. The van der Waals surface area contributed by atoms with Crippen molar-refractivity contribution in [3.8, 4) is 78.6 Å². The molecule has 0 atom stereocenters. The SMILES string of the molecule is [2H]C([2H])([2H])c1cc(-c2ccc(C(C)(C)C)cc2)c(-n2c(-c3ccccc3O)nc3c(-c4[c-]c(-c5cc(-c6ccccc6)ccn5)cc(C(C)(C)C)c4)cccc32)cc1-c1ccccc1.[Pt]. The molecule has 5 heteroatoms. The molecule has 7 aromatic carbocycles. The number of rotatable bonds is 7. The first-order valence-electron chi connectivity index (χ1n) is 22.3.